The Labute approximate surface area is 122 Å². The highest BCUT2D eigenvalue weighted by atomic mass is 35.5. The van der Waals surface area contributed by atoms with Crippen LogP contribution in [0.2, 0.25) is 0 Å². The first-order chi connectivity index (χ1) is 8.65. The molecule has 2 aliphatic rings. The molecule has 3 atom stereocenters. The molecule has 112 valence electrons. The highest BCUT2D eigenvalue weighted by Gasteiger charge is 2.24. The minimum absolute atomic E-state index is 0. The van der Waals surface area contributed by atoms with Crippen molar-refractivity contribution in [2.45, 2.75) is 57.5 Å². The topological polar surface area (TPSA) is 58.4 Å². The third-order valence-corrected chi connectivity index (χ3v) is 4.37. The minimum Gasteiger partial charge on any atom is -0.352 e. The highest BCUT2D eigenvalue weighted by molar-refractivity contribution is 5.85. The van der Waals surface area contributed by atoms with Gasteiger partial charge in [-0.25, -0.2) is 0 Å². The van der Waals surface area contributed by atoms with Crippen LogP contribution in [0.3, 0.4) is 0 Å². The molecule has 0 aromatic heterocycles. The van der Waals surface area contributed by atoms with Gasteiger partial charge in [-0.15, -0.1) is 12.4 Å². The Hall–Kier alpha value is -0.320. The number of halogens is 1. The van der Waals surface area contributed by atoms with E-state index in [1.165, 1.54) is 19.3 Å². The molecule has 1 heterocycles. The molecule has 2 rings (SSSR count). The van der Waals surface area contributed by atoms with Crippen molar-refractivity contribution in [3.8, 4) is 0 Å². The molecule has 1 aliphatic heterocycles. The lowest BCUT2D eigenvalue weighted by Gasteiger charge is -2.33. The Balaban J connectivity index is 0.00000180. The lowest BCUT2D eigenvalue weighted by Crippen LogP contribution is -2.49. The number of hydrogen-bond acceptors (Lipinski definition) is 3. The molecular formula is C14H28ClN3O. The molecule has 1 amide bonds. The summed E-state index contributed by atoms with van der Waals surface area (Å²) in [4.78, 5) is 14.2. The van der Waals surface area contributed by atoms with Gasteiger partial charge < -0.3 is 11.1 Å². The highest BCUT2D eigenvalue weighted by Crippen LogP contribution is 2.23. The fourth-order valence-electron chi connectivity index (χ4n) is 3.22. The number of amides is 1. The van der Waals surface area contributed by atoms with E-state index in [4.69, 9.17) is 5.73 Å². The number of rotatable bonds is 3. The van der Waals surface area contributed by atoms with Crippen LogP contribution in [-0.2, 0) is 4.79 Å². The van der Waals surface area contributed by atoms with Crippen LogP contribution in [0, 0.1) is 5.92 Å². The van der Waals surface area contributed by atoms with E-state index in [1.54, 1.807) is 0 Å². The molecule has 1 saturated heterocycles. The van der Waals surface area contributed by atoms with Crippen molar-refractivity contribution < 1.29 is 4.79 Å². The lowest BCUT2D eigenvalue weighted by atomic mass is 9.86. The summed E-state index contributed by atoms with van der Waals surface area (Å²) in [6.45, 7) is 4.66. The number of piperidine rings is 1. The van der Waals surface area contributed by atoms with Gasteiger partial charge in [0, 0.05) is 18.6 Å². The number of carbonyl (C=O) groups excluding carboxylic acids is 1. The fourth-order valence-corrected chi connectivity index (χ4v) is 3.22. The zero-order chi connectivity index (χ0) is 13.0. The van der Waals surface area contributed by atoms with Crippen LogP contribution < -0.4 is 11.1 Å². The zero-order valence-corrected chi connectivity index (χ0v) is 12.8. The largest absolute Gasteiger partial charge is 0.352 e. The molecule has 0 radical (unpaired) electrons. The second kappa shape index (κ2) is 8.08. The van der Waals surface area contributed by atoms with E-state index in [0.717, 1.165) is 32.4 Å². The molecule has 0 bridgehead atoms. The number of carbonyl (C=O) groups is 1. The summed E-state index contributed by atoms with van der Waals surface area (Å²) in [5.74, 6) is 0.814. The fraction of sp³-hybridized carbons (Fsp3) is 0.929. The van der Waals surface area contributed by atoms with E-state index in [0.29, 0.717) is 18.5 Å². The number of nitrogens with one attached hydrogen (secondary N) is 1. The predicted molar refractivity (Wildman–Crippen MR) is 80.5 cm³/mol. The molecule has 3 N–H and O–H groups in total. The van der Waals surface area contributed by atoms with Crippen LogP contribution in [0.4, 0.5) is 0 Å². The maximum Gasteiger partial charge on any atom is 0.234 e. The predicted octanol–water partition coefficient (Wildman–Crippen LogP) is 1.53. The summed E-state index contributed by atoms with van der Waals surface area (Å²) in [5, 5.41) is 3.21. The smallest absolute Gasteiger partial charge is 0.234 e. The average Bonchev–Trinajstić information content (AvgIpc) is 2.32. The molecule has 3 unspecified atom stereocenters. The van der Waals surface area contributed by atoms with Crippen molar-refractivity contribution in [1.29, 1.82) is 0 Å². The first kappa shape index (κ1) is 16.7. The Morgan fingerprint density at radius 2 is 2.00 bits per heavy atom. The second-order valence-corrected chi connectivity index (χ2v) is 6.07. The summed E-state index contributed by atoms with van der Waals surface area (Å²) < 4.78 is 0. The van der Waals surface area contributed by atoms with E-state index in [-0.39, 0.29) is 24.4 Å². The molecule has 5 heteroatoms. The van der Waals surface area contributed by atoms with Crippen molar-refractivity contribution in [3.63, 3.8) is 0 Å². The lowest BCUT2D eigenvalue weighted by molar-refractivity contribution is -0.123. The Morgan fingerprint density at radius 3 is 2.68 bits per heavy atom. The zero-order valence-electron chi connectivity index (χ0n) is 11.9. The third-order valence-electron chi connectivity index (χ3n) is 4.37. The maximum absolute atomic E-state index is 12.0. The van der Waals surface area contributed by atoms with Crippen LogP contribution in [0.25, 0.3) is 0 Å². The molecule has 4 nitrogen and oxygen atoms in total. The van der Waals surface area contributed by atoms with Crippen LogP contribution in [0.15, 0.2) is 0 Å². The van der Waals surface area contributed by atoms with Gasteiger partial charge in [0.1, 0.15) is 0 Å². The Bertz CT molecular complexity index is 288. The van der Waals surface area contributed by atoms with E-state index in [1.807, 2.05) is 0 Å². The summed E-state index contributed by atoms with van der Waals surface area (Å²) >= 11 is 0. The Morgan fingerprint density at radius 1 is 1.26 bits per heavy atom. The third kappa shape index (κ3) is 5.28. The van der Waals surface area contributed by atoms with Gasteiger partial charge in [-0.3, -0.25) is 9.69 Å². The van der Waals surface area contributed by atoms with Crippen molar-refractivity contribution >= 4 is 18.3 Å². The molecule has 0 aromatic carbocycles. The summed E-state index contributed by atoms with van der Waals surface area (Å²) in [5.41, 5.74) is 5.93. The number of likely N-dealkylation sites (tertiary alicyclic amines) is 1. The van der Waals surface area contributed by atoms with Crippen LogP contribution in [0.1, 0.15) is 45.4 Å². The maximum atomic E-state index is 12.0. The van der Waals surface area contributed by atoms with Crippen LogP contribution in [-0.4, -0.2) is 42.5 Å². The second-order valence-electron chi connectivity index (χ2n) is 6.07. The van der Waals surface area contributed by atoms with Gasteiger partial charge in [0.2, 0.25) is 5.91 Å². The van der Waals surface area contributed by atoms with Gasteiger partial charge >= 0.3 is 0 Å². The monoisotopic (exact) mass is 289 g/mol. The van der Waals surface area contributed by atoms with Crippen molar-refractivity contribution in [3.05, 3.63) is 0 Å². The molecule has 1 saturated carbocycles. The van der Waals surface area contributed by atoms with Crippen LogP contribution in [0.5, 0.6) is 0 Å². The molecular weight excluding hydrogens is 262 g/mol. The standard InChI is InChI=1S/C14H27N3O.ClH/c1-11-5-2-3-7-13(11)16-14(18)10-17-8-4-6-12(15)9-17;/h11-13H,2-10,15H2,1H3,(H,16,18);1H. The minimum atomic E-state index is 0. The first-order valence-corrected chi connectivity index (χ1v) is 7.42. The van der Waals surface area contributed by atoms with Gasteiger partial charge in [-0.2, -0.15) is 0 Å². The quantitative estimate of drug-likeness (QED) is 0.828. The van der Waals surface area contributed by atoms with E-state index in [2.05, 4.69) is 17.1 Å². The average molecular weight is 290 g/mol. The number of nitrogens with two attached hydrogens (primary N) is 1. The summed E-state index contributed by atoms with van der Waals surface area (Å²) in [6.07, 6.45) is 7.18. The first-order valence-electron chi connectivity index (χ1n) is 7.42. The number of hydrogen-bond donors (Lipinski definition) is 2. The number of nitrogens with zero attached hydrogens (tertiary/aromatic N) is 1. The van der Waals surface area contributed by atoms with Gasteiger partial charge in [-0.1, -0.05) is 19.8 Å². The van der Waals surface area contributed by atoms with Crippen molar-refractivity contribution in [2.75, 3.05) is 19.6 Å². The SMILES string of the molecule is CC1CCCCC1NC(=O)CN1CCCC(N)C1.Cl. The van der Waals surface area contributed by atoms with E-state index in [9.17, 15) is 4.79 Å². The molecule has 0 spiro atoms. The molecule has 2 fully saturated rings. The van der Waals surface area contributed by atoms with E-state index < -0.39 is 0 Å². The van der Waals surface area contributed by atoms with Crippen molar-refractivity contribution in [1.82, 2.24) is 10.2 Å². The molecule has 1 aliphatic carbocycles. The van der Waals surface area contributed by atoms with Gasteiger partial charge in [0.15, 0.2) is 0 Å². The normalized spacial score (nSPS) is 32.4. The van der Waals surface area contributed by atoms with Gasteiger partial charge in [-0.05, 0) is 38.1 Å². The Kier molecular flexibility index (Phi) is 7.11. The van der Waals surface area contributed by atoms with E-state index >= 15 is 0 Å². The van der Waals surface area contributed by atoms with Gasteiger partial charge in [0.05, 0.1) is 6.54 Å². The van der Waals surface area contributed by atoms with Crippen molar-refractivity contribution in [2.24, 2.45) is 11.7 Å². The van der Waals surface area contributed by atoms with Crippen LogP contribution >= 0.6 is 12.4 Å². The summed E-state index contributed by atoms with van der Waals surface area (Å²) in [7, 11) is 0. The van der Waals surface area contributed by atoms with Gasteiger partial charge in [0.25, 0.3) is 0 Å². The summed E-state index contributed by atoms with van der Waals surface area (Å²) in [6, 6.07) is 0.643. The molecule has 0 aromatic rings. The molecule has 19 heavy (non-hydrogen) atoms.